The standard InChI is InChI=1S/C19H17N3O4/c1-12(23)26-16-8-4-7-14(9-16)19(25)22-17(18(21)24)10-13-5-2-3-6-15(13)11-20/h2-9,17H,10H2,1H3,(H2,21,24)(H,22,25)/t17-/m1/s1. The molecule has 0 bridgehead atoms. The summed E-state index contributed by atoms with van der Waals surface area (Å²) in [7, 11) is 0. The van der Waals surface area contributed by atoms with Crippen LogP contribution in [0.4, 0.5) is 0 Å². The highest BCUT2D eigenvalue weighted by molar-refractivity contribution is 5.97. The van der Waals surface area contributed by atoms with Crippen molar-refractivity contribution in [2.24, 2.45) is 5.73 Å². The quantitative estimate of drug-likeness (QED) is 0.600. The third-order valence-electron chi connectivity index (χ3n) is 3.57. The van der Waals surface area contributed by atoms with E-state index in [0.717, 1.165) is 0 Å². The molecule has 0 saturated carbocycles. The Morgan fingerprint density at radius 1 is 1.19 bits per heavy atom. The predicted molar refractivity (Wildman–Crippen MR) is 93.1 cm³/mol. The zero-order chi connectivity index (χ0) is 19.1. The summed E-state index contributed by atoms with van der Waals surface area (Å²) in [4.78, 5) is 35.2. The Hall–Kier alpha value is -3.66. The molecule has 0 aliphatic carbocycles. The zero-order valence-electron chi connectivity index (χ0n) is 14.1. The van der Waals surface area contributed by atoms with E-state index in [1.54, 1.807) is 30.3 Å². The SMILES string of the molecule is CC(=O)Oc1cccc(C(=O)N[C@H](Cc2ccccc2C#N)C(N)=O)c1. The fraction of sp³-hybridized carbons (Fsp3) is 0.158. The van der Waals surface area contributed by atoms with Crippen molar-refractivity contribution in [1.82, 2.24) is 5.32 Å². The van der Waals surface area contributed by atoms with Gasteiger partial charge in [-0.25, -0.2) is 0 Å². The summed E-state index contributed by atoms with van der Waals surface area (Å²) < 4.78 is 4.94. The van der Waals surface area contributed by atoms with Gasteiger partial charge < -0.3 is 15.8 Å². The maximum atomic E-state index is 12.4. The summed E-state index contributed by atoms with van der Waals surface area (Å²) in [6, 6.07) is 13.8. The second-order valence-electron chi connectivity index (χ2n) is 5.52. The van der Waals surface area contributed by atoms with Crippen LogP contribution in [0.25, 0.3) is 0 Å². The summed E-state index contributed by atoms with van der Waals surface area (Å²) in [5.74, 6) is -1.55. The zero-order valence-corrected chi connectivity index (χ0v) is 14.1. The summed E-state index contributed by atoms with van der Waals surface area (Å²) >= 11 is 0. The molecule has 0 aromatic heterocycles. The first kappa shape index (κ1) is 18.7. The van der Waals surface area contributed by atoms with E-state index >= 15 is 0 Å². The molecule has 7 heteroatoms. The molecule has 7 nitrogen and oxygen atoms in total. The summed E-state index contributed by atoms with van der Waals surface area (Å²) in [5.41, 5.74) is 6.62. The van der Waals surface area contributed by atoms with E-state index in [-0.39, 0.29) is 17.7 Å². The number of benzene rings is 2. The number of carbonyl (C=O) groups excluding carboxylic acids is 3. The average Bonchev–Trinajstić information content (AvgIpc) is 2.61. The number of nitriles is 1. The van der Waals surface area contributed by atoms with E-state index in [2.05, 4.69) is 5.32 Å². The topological polar surface area (TPSA) is 122 Å². The molecule has 2 aromatic rings. The highest BCUT2D eigenvalue weighted by Crippen LogP contribution is 2.15. The maximum Gasteiger partial charge on any atom is 0.308 e. The molecule has 2 rings (SSSR count). The van der Waals surface area contributed by atoms with Crippen LogP contribution in [-0.4, -0.2) is 23.8 Å². The van der Waals surface area contributed by atoms with Gasteiger partial charge in [-0.2, -0.15) is 5.26 Å². The lowest BCUT2D eigenvalue weighted by Crippen LogP contribution is -2.46. The Morgan fingerprint density at radius 2 is 1.92 bits per heavy atom. The van der Waals surface area contributed by atoms with Gasteiger partial charge in [-0.05, 0) is 29.8 Å². The lowest BCUT2D eigenvalue weighted by molar-refractivity contribution is -0.131. The second-order valence-corrected chi connectivity index (χ2v) is 5.52. The first-order valence-electron chi connectivity index (χ1n) is 7.77. The molecular weight excluding hydrogens is 334 g/mol. The summed E-state index contributed by atoms with van der Waals surface area (Å²) in [6.07, 6.45) is 0.0917. The van der Waals surface area contributed by atoms with Crippen molar-refractivity contribution < 1.29 is 19.1 Å². The van der Waals surface area contributed by atoms with Crippen LogP contribution in [0.5, 0.6) is 5.75 Å². The van der Waals surface area contributed by atoms with Gasteiger partial charge in [0.05, 0.1) is 11.6 Å². The third kappa shape index (κ3) is 4.92. The van der Waals surface area contributed by atoms with Gasteiger partial charge in [0.2, 0.25) is 5.91 Å². The molecule has 132 valence electrons. The maximum absolute atomic E-state index is 12.4. The van der Waals surface area contributed by atoms with E-state index in [4.69, 9.17) is 15.7 Å². The van der Waals surface area contributed by atoms with Crippen LogP contribution in [0, 0.1) is 11.3 Å². The van der Waals surface area contributed by atoms with Crippen LogP contribution in [0.2, 0.25) is 0 Å². The van der Waals surface area contributed by atoms with Crippen molar-refractivity contribution in [3.8, 4) is 11.8 Å². The number of amides is 2. The molecule has 1 atom stereocenters. The number of ether oxygens (including phenoxy) is 1. The molecule has 0 spiro atoms. The van der Waals surface area contributed by atoms with Gasteiger partial charge in [0.15, 0.2) is 0 Å². The molecule has 0 fully saturated rings. The number of nitrogens with two attached hydrogens (primary N) is 1. The van der Waals surface area contributed by atoms with Gasteiger partial charge >= 0.3 is 5.97 Å². The number of esters is 1. The average molecular weight is 351 g/mol. The van der Waals surface area contributed by atoms with E-state index < -0.39 is 23.8 Å². The Balaban J connectivity index is 2.17. The summed E-state index contributed by atoms with van der Waals surface area (Å²) in [6.45, 7) is 1.25. The van der Waals surface area contributed by atoms with Crippen molar-refractivity contribution in [2.75, 3.05) is 0 Å². The van der Waals surface area contributed by atoms with Crippen molar-refractivity contribution in [3.05, 3.63) is 65.2 Å². The van der Waals surface area contributed by atoms with Gasteiger partial charge in [0.1, 0.15) is 11.8 Å². The molecule has 0 unspecified atom stereocenters. The first-order valence-corrected chi connectivity index (χ1v) is 7.77. The number of rotatable bonds is 6. The molecule has 0 saturated heterocycles. The van der Waals surface area contributed by atoms with E-state index in [1.807, 2.05) is 6.07 Å². The number of hydrogen-bond donors (Lipinski definition) is 2. The van der Waals surface area contributed by atoms with Crippen molar-refractivity contribution >= 4 is 17.8 Å². The molecule has 2 amide bonds. The Kier molecular flexibility index (Phi) is 6.06. The van der Waals surface area contributed by atoms with Crippen LogP contribution < -0.4 is 15.8 Å². The van der Waals surface area contributed by atoms with Crippen LogP contribution in [0.3, 0.4) is 0 Å². The normalized spacial score (nSPS) is 11.1. The monoisotopic (exact) mass is 351 g/mol. The van der Waals surface area contributed by atoms with Crippen molar-refractivity contribution in [1.29, 1.82) is 5.26 Å². The van der Waals surface area contributed by atoms with Gasteiger partial charge in [0.25, 0.3) is 5.91 Å². The predicted octanol–water partition coefficient (Wildman–Crippen LogP) is 1.31. The van der Waals surface area contributed by atoms with E-state index in [0.29, 0.717) is 11.1 Å². The lowest BCUT2D eigenvalue weighted by atomic mass is 10.00. The van der Waals surface area contributed by atoms with Gasteiger partial charge in [0, 0.05) is 18.9 Å². The van der Waals surface area contributed by atoms with Crippen LogP contribution in [-0.2, 0) is 16.0 Å². The molecule has 0 aliphatic rings. The minimum absolute atomic E-state index is 0.0917. The first-order chi connectivity index (χ1) is 12.4. The number of carbonyl (C=O) groups is 3. The molecule has 0 radical (unpaired) electrons. The highest BCUT2D eigenvalue weighted by Gasteiger charge is 2.21. The Labute approximate surface area is 150 Å². The fourth-order valence-corrected chi connectivity index (χ4v) is 2.36. The molecule has 0 aliphatic heterocycles. The molecule has 3 N–H and O–H groups in total. The third-order valence-corrected chi connectivity index (χ3v) is 3.57. The second kappa shape index (κ2) is 8.44. The number of hydrogen-bond acceptors (Lipinski definition) is 5. The fourth-order valence-electron chi connectivity index (χ4n) is 2.36. The minimum atomic E-state index is -0.991. The number of primary amides is 1. The lowest BCUT2D eigenvalue weighted by Gasteiger charge is -2.16. The van der Waals surface area contributed by atoms with Crippen LogP contribution >= 0.6 is 0 Å². The highest BCUT2D eigenvalue weighted by atomic mass is 16.5. The van der Waals surface area contributed by atoms with Crippen molar-refractivity contribution in [3.63, 3.8) is 0 Å². The van der Waals surface area contributed by atoms with Gasteiger partial charge in [-0.15, -0.1) is 0 Å². The molecule has 2 aromatic carbocycles. The number of nitrogens with one attached hydrogen (secondary N) is 1. The van der Waals surface area contributed by atoms with Gasteiger partial charge in [-0.1, -0.05) is 24.3 Å². The molecular formula is C19H17N3O4. The Bertz CT molecular complexity index is 886. The van der Waals surface area contributed by atoms with Crippen LogP contribution in [0.15, 0.2) is 48.5 Å². The van der Waals surface area contributed by atoms with E-state index in [1.165, 1.54) is 25.1 Å². The van der Waals surface area contributed by atoms with Crippen molar-refractivity contribution in [2.45, 2.75) is 19.4 Å². The smallest absolute Gasteiger partial charge is 0.308 e. The molecule has 0 heterocycles. The Morgan fingerprint density at radius 3 is 2.58 bits per heavy atom. The molecule has 26 heavy (non-hydrogen) atoms. The largest absolute Gasteiger partial charge is 0.427 e. The van der Waals surface area contributed by atoms with Crippen LogP contribution in [0.1, 0.15) is 28.4 Å². The number of nitrogens with zero attached hydrogens (tertiary/aromatic N) is 1. The van der Waals surface area contributed by atoms with E-state index in [9.17, 15) is 14.4 Å². The minimum Gasteiger partial charge on any atom is -0.427 e. The summed E-state index contributed by atoms with van der Waals surface area (Å²) in [5, 5.41) is 11.7. The van der Waals surface area contributed by atoms with Gasteiger partial charge in [-0.3, -0.25) is 14.4 Å².